The summed E-state index contributed by atoms with van der Waals surface area (Å²) in [7, 11) is 0.433. The highest BCUT2D eigenvalue weighted by Gasteiger charge is 2.13. The molecule has 0 aromatic heterocycles. The molecular weight excluding hydrogens is 374 g/mol. The van der Waals surface area contributed by atoms with Crippen molar-refractivity contribution in [2.75, 3.05) is 30.9 Å². The summed E-state index contributed by atoms with van der Waals surface area (Å²) in [6.07, 6.45) is 2.73. The number of sulfonamides is 1. The molecule has 0 radical (unpaired) electrons. The molecule has 0 atom stereocenters. The summed E-state index contributed by atoms with van der Waals surface area (Å²) in [5.74, 6) is -0.0742. The smallest absolute Gasteiger partial charge is 0.240 e. The first-order valence-electron chi connectivity index (χ1n) is 9.47. The Morgan fingerprint density at radius 1 is 1.00 bits per heavy atom. The topological polar surface area (TPSA) is 78.5 Å². The third-order valence-electron chi connectivity index (χ3n) is 4.31. The van der Waals surface area contributed by atoms with Crippen LogP contribution < -0.4 is 14.9 Å². The van der Waals surface area contributed by atoms with E-state index in [4.69, 9.17) is 0 Å². The molecule has 2 rings (SSSR count). The lowest BCUT2D eigenvalue weighted by Gasteiger charge is -2.12. The predicted octanol–water partition coefficient (Wildman–Crippen LogP) is 3.40. The molecule has 0 saturated carbocycles. The maximum absolute atomic E-state index is 12.4. The zero-order chi connectivity index (χ0) is 20.6. The molecule has 7 heteroatoms. The van der Waals surface area contributed by atoms with E-state index in [1.807, 2.05) is 25.9 Å². The second kappa shape index (κ2) is 10.2. The van der Waals surface area contributed by atoms with E-state index >= 15 is 0 Å². The van der Waals surface area contributed by atoms with Crippen LogP contribution in [0.25, 0.3) is 0 Å². The van der Waals surface area contributed by atoms with Gasteiger partial charge in [0, 0.05) is 38.4 Å². The Hall–Kier alpha value is -2.38. The summed E-state index contributed by atoms with van der Waals surface area (Å²) >= 11 is 0. The van der Waals surface area contributed by atoms with Crippen LogP contribution in [-0.2, 0) is 21.2 Å². The molecule has 6 nitrogen and oxygen atoms in total. The average Bonchev–Trinajstić information content (AvgIpc) is 2.66. The summed E-state index contributed by atoms with van der Waals surface area (Å²) in [6, 6.07) is 14.5. The van der Waals surface area contributed by atoms with Crippen molar-refractivity contribution in [2.45, 2.75) is 37.5 Å². The highest BCUT2D eigenvalue weighted by molar-refractivity contribution is 7.89. The van der Waals surface area contributed by atoms with E-state index in [0.29, 0.717) is 25.1 Å². The zero-order valence-corrected chi connectivity index (χ0v) is 17.6. The lowest BCUT2D eigenvalue weighted by Crippen LogP contribution is -2.25. The van der Waals surface area contributed by atoms with E-state index < -0.39 is 10.0 Å². The fraction of sp³-hybridized carbons (Fsp3) is 0.381. The predicted molar refractivity (Wildman–Crippen MR) is 114 cm³/mol. The maximum Gasteiger partial charge on any atom is 0.240 e. The molecule has 0 spiro atoms. The molecule has 0 unspecified atom stereocenters. The normalized spacial score (nSPS) is 11.2. The van der Waals surface area contributed by atoms with Crippen LogP contribution in [-0.4, -0.2) is 35.0 Å². The van der Waals surface area contributed by atoms with Crippen LogP contribution in [0, 0.1) is 0 Å². The molecule has 0 aliphatic heterocycles. The van der Waals surface area contributed by atoms with Gasteiger partial charge in [-0.3, -0.25) is 4.79 Å². The Bertz CT molecular complexity index is 861. The van der Waals surface area contributed by atoms with Crippen LogP contribution in [0.2, 0.25) is 0 Å². The number of carbonyl (C=O) groups is 1. The molecular formula is C21H29N3O3S. The minimum Gasteiger partial charge on any atom is -0.378 e. The summed E-state index contributed by atoms with van der Waals surface area (Å²) in [4.78, 5) is 13.8. The Kier molecular flexibility index (Phi) is 8.02. The second-order valence-corrected chi connectivity index (χ2v) is 8.65. The fourth-order valence-electron chi connectivity index (χ4n) is 2.71. The van der Waals surface area contributed by atoms with Crippen molar-refractivity contribution >= 4 is 27.3 Å². The van der Waals surface area contributed by atoms with E-state index in [1.54, 1.807) is 12.1 Å². The first-order chi connectivity index (χ1) is 13.3. The third kappa shape index (κ3) is 6.65. The van der Waals surface area contributed by atoms with Gasteiger partial charge in [0.25, 0.3) is 0 Å². The number of carbonyl (C=O) groups excluding carboxylic acids is 1. The third-order valence-corrected chi connectivity index (χ3v) is 5.79. The van der Waals surface area contributed by atoms with Gasteiger partial charge in [-0.05, 0) is 61.2 Å². The second-order valence-electron chi connectivity index (χ2n) is 6.88. The van der Waals surface area contributed by atoms with E-state index in [9.17, 15) is 13.2 Å². The quantitative estimate of drug-likeness (QED) is 0.596. The van der Waals surface area contributed by atoms with Gasteiger partial charge in [-0.25, -0.2) is 13.1 Å². The monoisotopic (exact) mass is 403 g/mol. The number of anilines is 2. The van der Waals surface area contributed by atoms with Gasteiger partial charge >= 0.3 is 0 Å². The molecule has 2 aromatic rings. The van der Waals surface area contributed by atoms with Crippen molar-refractivity contribution in [3.63, 3.8) is 0 Å². The van der Waals surface area contributed by atoms with E-state index in [1.165, 1.54) is 17.7 Å². The number of hydrogen-bond donors (Lipinski definition) is 2. The molecule has 0 fully saturated rings. The molecule has 0 saturated heterocycles. The van der Waals surface area contributed by atoms with Crippen LogP contribution in [0.1, 0.15) is 31.7 Å². The fourth-order valence-corrected chi connectivity index (χ4v) is 3.79. The Morgan fingerprint density at radius 2 is 1.64 bits per heavy atom. The number of nitrogens with one attached hydrogen (secondary N) is 2. The van der Waals surface area contributed by atoms with Crippen molar-refractivity contribution < 1.29 is 13.2 Å². The minimum atomic E-state index is -3.56. The average molecular weight is 404 g/mol. The zero-order valence-electron chi connectivity index (χ0n) is 16.7. The lowest BCUT2D eigenvalue weighted by molar-refractivity contribution is -0.116. The number of hydrogen-bond acceptors (Lipinski definition) is 4. The molecule has 1 amide bonds. The first-order valence-corrected chi connectivity index (χ1v) is 11.0. The first kappa shape index (κ1) is 21.9. The van der Waals surface area contributed by atoms with Crippen LogP contribution in [0.15, 0.2) is 53.4 Å². The maximum atomic E-state index is 12.4. The number of rotatable bonds is 10. The summed E-state index contributed by atoms with van der Waals surface area (Å²) in [5.41, 5.74) is 2.91. The van der Waals surface area contributed by atoms with E-state index in [0.717, 1.165) is 18.5 Å². The van der Waals surface area contributed by atoms with Crippen LogP contribution >= 0.6 is 0 Å². The van der Waals surface area contributed by atoms with Crippen molar-refractivity contribution in [3.05, 3.63) is 54.1 Å². The van der Waals surface area contributed by atoms with Gasteiger partial charge < -0.3 is 10.2 Å². The Labute approximate surface area is 168 Å². The SMILES string of the molecule is CCCC(=O)Nc1ccc(S(=O)(=O)NCCCc2ccc(N(C)C)cc2)cc1. The van der Waals surface area contributed by atoms with Gasteiger partial charge in [0.1, 0.15) is 0 Å². The van der Waals surface area contributed by atoms with Gasteiger partial charge in [-0.2, -0.15) is 0 Å². The Morgan fingerprint density at radius 3 is 2.21 bits per heavy atom. The Balaban J connectivity index is 1.83. The van der Waals surface area contributed by atoms with Crippen molar-refractivity contribution in [3.8, 4) is 0 Å². The number of benzene rings is 2. The minimum absolute atomic E-state index is 0.0742. The molecule has 0 aliphatic carbocycles. The van der Waals surface area contributed by atoms with Crippen molar-refractivity contribution in [2.24, 2.45) is 0 Å². The van der Waals surface area contributed by atoms with Crippen LogP contribution in [0.4, 0.5) is 11.4 Å². The summed E-state index contributed by atoms with van der Waals surface area (Å²) in [5, 5.41) is 2.75. The molecule has 28 heavy (non-hydrogen) atoms. The molecule has 2 aromatic carbocycles. The largest absolute Gasteiger partial charge is 0.378 e. The standard InChI is InChI=1S/C21H29N3O3S/c1-4-6-21(25)23-18-10-14-20(15-11-18)28(26,27)22-16-5-7-17-8-12-19(13-9-17)24(2)3/h8-15,22H,4-7,16H2,1-3H3,(H,23,25). The van der Waals surface area contributed by atoms with Crippen LogP contribution in [0.3, 0.4) is 0 Å². The summed E-state index contributed by atoms with van der Waals surface area (Å²) in [6.45, 7) is 2.30. The van der Waals surface area contributed by atoms with E-state index in [2.05, 4.69) is 34.3 Å². The van der Waals surface area contributed by atoms with Gasteiger partial charge in [0.05, 0.1) is 4.90 Å². The number of aryl methyl sites for hydroxylation is 1. The van der Waals surface area contributed by atoms with E-state index in [-0.39, 0.29) is 10.8 Å². The van der Waals surface area contributed by atoms with Gasteiger partial charge in [0.15, 0.2) is 0 Å². The molecule has 0 heterocycles. The van der Waals surface area contributed by atoms with Crippen molar-refractivity contribution in [1.82, 2.24) is 4.72 Å². The van der Waals surface area contributed by atoms with Crippen LogP contribution in [0.5, 0.6) is 0 Å². The highest BCUT2D eigenvalue weighted by atomic mass is 32.2. The van der Waals surface area contributed by atoms with Crippen molar-refractivity contribution in [1.29, 1.82) is 0 Å². The molecule has 0 aliphatic rings. The highest BCUT2D eigenvalue weighted by Crippen LogP contribution is 2.15. The van der Waals surface area contributed by atoms with Gasteiger partial charge in [0.2, 0.25) is 15.9 Å². The van der Waals surface area contributed by atoms with Gasteiger partial charge in [-0.1, -0.05) is 19.1 Å². The molecule has 152 valence electrons. The van der Waals surface area contributed by atoms with Gasteiger partial charge in [-0.15, -0.1) is 0 Å². The molecule has 2 N–H and O–H groups in total. The summed E-state index contributed by atoms with van der Waals surface area (Å²) < 4.78 is 27.4. The lowest BCUT2D eigenvalue weighted by atomic mass is 10.1. The molecule has 0 bridgehead atoms. The number of nitrogens with zero attached hydrogens (tertiary/aromatic N) is 1. The number of amides is 1.